The summed E-state index contributed by atoms with van der Waals surface area (Å²) in [5, 5.41) is 0. The molecule has 6 aliphatic heterocycles. The van der Waals surface area contributed by atoms with Gasteiger partial charge >= 0.3 is 18.3 Å². The summed E-state index contributed by atoms with van der Waals surface area (Å²) in [4.78, 5) is 75.5. The number of carbonyl (C=O) groups excluding carboxylic acids is 6. The number of hydrogen-bond donors (Lipinski definition) is 0. The van der Waals surface area contributed by atoms with E-state index in [1.54, 1.807) is 18.2 Å². The molecule has 4 fully saturated rings. The number of imide groups is 2. The Hall–Kier alpha value is -5.20. The fraction of sp³-hybridized carbons (Fsp3) is 0.389. The van der Waals surface area contributed by atoms with Gasteiger partial charge in [0.1, 0.15) is 24.7 Å². The van der Waals surface area contributed by atoms with E-state index in [2.05, 4.69) is 0 Å². The number of nitrogens with zero attached hydrogens (tertiary/aromatic N) is 2. The zero-order valence-electron chi connectivity index (χ0n) is 28.1. The Kier molecular flexibility index (Phi) is 8.73. The van der Waals surface area contributed by atoms with Gasteiger partial charge in [0.15, 0.2) is 5.78 Å². The fourth-order valence-corrected chi connectivity index (χ4v) is 7.76. The van der Waals surface area contributed by atoms with Crippen LogP contribution < -0.4 is 9.80 Å². The molecule has 0 saturated carbocycles. The van der Waals surface area contributed by atoms with Crippen molar-refractivity contribution in [2.24, 2.45) is 23.7 Å². The predicted octanol–water partition coefficient (Wildman–Crippen LogP) is 4.16. The lowest BCUT2D eigenvalue weighted by molar-refractivity contribution is -0.197. The molecule has 284 valence electrons. The molecule has 0 aliphatic carbocycles. The van der Waals surface area contributed by atoms with Crippen LogP contribution in [0, 0.1) is 23.7 Å². The van der Waals surface area contributed by atoms with E-state index in [1.807, 2.05) is 0 Å². The third kappa shape index (κ3) is 5.92. The second-order valence-electron chi connectivity index (χ2n) is 13.5. The Morgan fingerprint density at radius 1 is 0.722 bits per heavy atom. The Bertz CT molecular complexity index is 1900. The minimum atomic E-state index is -4.60. The molecule has 0 aromatic heterocycles. The molecule has 6 heterocycles. The van der Waals surface area contributed by atoms with Crippen LogP contribution in [0.1, 0.15) is 25.0 Å². The molecule has 4 bridgehead atoms. The fourth-order valence-electron chi connectivity index (χ4n) is 7.76. The zero-order valence-corrected chi connectivity index (χ0v) is 28.1. The largest absolute Gasteiger partial charge is 0.462 e. The van der Waals surface area contributed by atoms with Crippen LogP contribution in [0.5, 0.6) is 0 Å². The smallest absolute Gasteiger partial charge is 0.416 e. The van der Waals surface area contributed by atoms with E-state index in [0.29, 0.717) is 0 Å². The number of anilines is 2. The minimum Gasteiger partial charge on any atom is -0.462 e. The summed E-state index contributed by atoms with van der Waals surface area (Å²) >= 11 is 0. The summed E-state index contributed by atoms with van der Waals surface area (Å²) in [7, 11) is 0. The highest BCUT2D eigenvalue weighted by molar-refractivity contribution is 6.24. The predicted molar refractivity (Wildman–Crippen MR) is 169 cm³/mol. The molecule has 0 spiro atoms. The van der Waals surface area contributed by atoms with Crippen LogP contribution in [0.4, 0.5) is 37.7 Å². The summed E-state index contributed by atoms with van der Waals surface area (Å²) in [5.41, 5.74) is -3.49. The van der Waals surface area contributed by atoms with Crippen molar-refractivity contribution in [3.63, 3.8) is 0 Å². The van der Waals surface area contributed by atoms with Gasteiger partial charge in [0.05, 0.1) is 52.5 Å². The van der Waals surface area contributed by atoms with Crippen LogP contribution in [-0.4, -0.2) is 72.2 Å². The van der Waals surface area contributed by atoms with Crippen molar-refractivity contribution in [3.8, 4) is 0 Å². The first-order valence-electron chi connectivity index (χ1n) is 16.4. The molecular weight excluding hydrogens is 734 g/mol. The summed E-state index contributed by atoms with van der Waals surface area (Å²) in [6.45, 7) is 1.95. The van der Waals surface area contributed by atoms with Crippen molar-refractivity contribution < 1.29 is 74.1 Å². The average molecular weight is 763 g/mol. The molecule has 8 atom stereocenters. The van der Waals surface area contributed by atoms with Crippen molar-refractivity contribution in [2.75, 3.05) is 23.0 Å². The molecule has 8 rings (SSSR count). The van der Waals surface area contributed by atoms with E-state index in [-0.39, 0.29) is 30.4 Å². The lowest BCUT2D eigenvalue weighted by atomic mass is 9.77. The van der Waals surface area contributed by atoms with Crippen LogP contribution in [0.3, 0.4) is 0 Å². The number of carbonyl (C=O) groups is 6. The lowest BCUT2D eigenvalue weighted by Gasteiger charge is -2.28. The van der Waals surface area contributed by atoms with Gasteiger partial charge in [-0.2, -0.15) is 26.3 Å². The summed E-state index contributed by atoms with van der Waals surface area (Å²) < 4.78 is 99.8. The van der Waals surface area contributed by atoms with Gasteiger partial charge in [0, 0.05) is 6.92 Å². The number of hydrogen-bond acceptors (Lipinski definition) is 10. The summed E-state index contributed by atoms with van der Waals surface area (Å²) in [6, 6.07) is 8.09. The highest BCUT2D eigenvalue weighted by atomic mass is 19.4. The van der Waals surface area contributed by atoms with Crippen LogP contribution in [0.25, 0.3) is 0 Å². The van der Waals surface area contributed by atoms with Crippen molar-refractivity contribution in [2.45, 2.75) is 49.8 Å². The number of amides is 4. The topological polar surface area (TPSA) is 146 Å². The molecular formula is C36H28F6N2O10. The van der Waals surface area contributed by atoms with Crippen molar-refractivity contribution in [1.29, 1.82) is 0 Å². The van der Waals surface area contributed by atoms with Crippen molar-refractivity contribution in [1.82, 2.24) is 0 Å². The monoisotopic (exact) mass is 762 g/mol. The van der Waals surface area contributed by atoms with E-state index in [4.69, 9.17) is 18.9 Å². The van der Waals surface area contributed by atoms with Gasteiger partial charge in [-0.25, -0.2) is 9.80 Å². The minimum absolute atomic E-state index is 0.142. The summed E-state index contributed by atoms with van der Waals surface area (Å²) in [5.74, 6) is -8.80. The molecule has 4 unspecified atom stereocenters. The third-order valence-corrected chi connectivity index (χ3v) is 10.00. The van der Waals surface area contributed by atoms with Gasteiger partial charge < -0.3 is 18.9 Å². The maximum Gasteiger partial charge on any atom is 0.416 e. The van der Waals surface area contributed by atoms with Crippen LogP contribution >= 0.6 is 0 Å². The molecule has 18 heteroatoms. The highest BCUT2D eigenvalue weighted by Gasteiger charge is 2.70. The van der Waals surface area contributed by atoms with E-state index < -0.39 is 100 Å². The Morgan fingerprint density at radius 2 is 1.22 bits per heavy atom. The molecule has 2 aromatic rings. The number of Topliss-reactive ketones (excluding diaryl/α,β-unsaturated/α-hetero) is 1. The van der Waals surface area contributed by atoms with E-state index in [9.17, 15) is 55.1 Å². The molecule has 4 saturated heterocycles. The number of rotatable bonds is 7. The number of fused-ring (bicyclic) bond motifs is 10. The third-order valence-electron chi connectivity index (χ3n) is 10.00. The number of esters is 1. The first-order chi connectivity index (χ1) is 25.3. The number of ketones is 1. The van der Waals surface area contributed by atoms with Gasteiger partial charge in [-0.1, -0.05) is 24.3 Å². The Balaban J connectivity index is 0.000000167. The Morgan fingerprint density at radius 3 is 1.74 bits per heavy atom. The molecule has 0 N–H and O–H groups in total. The molecule has 4 amide bonds. The first kappa shape index (κ1) is 37.1. The van der Waals surface area contributed by atoms with Gasteiger partial charge in [0.2, 0.25) is 29.4 Å². The number of benzene rings is 2. The van der Waals surface area contributed by atoms with Gasteiger partial charge in [-0.3, -0.25) is 28.8 Å². The van der Waals surface area contributed by atoms with Crippen LogP contribution in [-0.2, 0) is 60.1 Å². The SMILES string of the molecule is CC(=O)COC12C=CC(O1)[C@@H]1C(=O)N(c3cccc(C(F)(F)F)c3)C(=O)[C@@H]12.CC(=O)OCC12C=CC(O1)[C@H]1C(=O)N(c3cccc(C(F)(F)F)c3)C(=O)[C@H]12. The van der Waals surface area contributed by atoms with Crippen LogP contribution in [0.2, 0.25) is 0 Å². The maximum atomic E-state index is 13.0. The Labute approximate surface area is 301 Å². The van der Waals surface area contributed by atoms with E-state index in [0.717, 1.165) is 46.2 Å². The van der Waals surface area contributed by atoms with Gasteiger partial charge in [-0.05, 0) is 55.5 Å². The summed E-state index contributed by atoms with van der Waals surface area (Å²) in [6.07, 6.45) is -4.35. The van der Waals surface area contributed by atoms with Gasteiger partial charge in [0.25, 0.3) is 0 Å². The molecule has 0 radical (unpaired) electrons. The van der Waals surface area contributed by atoms with Crippen LogP contribution in [0.15, 0.2) is 72.8 Å². The normalized spacial score (nSPS) is 31.6. The molecule has 54 heavy (non-hydrogen) atoms. The molecule has 12 nitrogen and oxygen atoms in total. The quantitative estimate of drug-likeness (QED) is 0.175. The average Bonchev–Trinajstić information content (AvgIpc) is 3.94. The molecule has 2 aromatic carbocycles. The number of halogens is 6. The maximum absolute atomic E-state index is 13.0. The molecule has 6 aliphatic rings. The first-order valence-corrected chi connectivity index (χ1v) is 16.4. The van der Waals surface area contributed by atoms with Crippen molar-refractivity contribution >= 4 is 46.8 Å². The van der Waals surface area contributed by atoms with E-state index in [1.165, 1.54) is 32.1 Å². The van der Waals surface area contributed by atoms with Crippen molar-refractivity contribution in [3.05, 3.63) is 84.0 Å². The highest BCUT2D eigenvalue weighted by Crippen LogP contribution is 2.54. The lowest BCUT2D eigenvalue weighted by Crippen LogP contribution is -2.44. The number of alkyl halides is 6. The standard InChI is InChI=1S/2C18H14F3NO5/c1-9(23)26-8-17-6-5-12(27-17)13-14(17)16(25)22(15(13)24)11-4-2-3-10(7-11)18(19,20)21;1-9(23)8-26-17-6-5-12(27-17)13-14(17)16(25)22(15(13)24)11-4-2-3-10(7-11)18(19,20)21/h2*2-7,12-14H,8H2,1H3/t2*12?,13-,14+,17?/m10/s1. The zero-order chi connectivity index (χ0) is 39.1. The second kappa shape index (κ2) is 12.7. The van der Waals surface area contributed by atoms with Gasteiger partial charge in [-0.15, -0.1) is 0 Å². The number of ether oxygens (including phenoxy) is 4. The second-order valence-corrected chi connectivity index (χ2v) is 13.5. The van der Waals surface area contributed by atoms with E-state index >= 15 is 0 Å².